The van der Waals surface area contributed by atoms with Gasteiger partial charge in [0.2, 0.25) is 5.78 Å². The lowest BCUT2D eigenvalue weighted by Gasteiger charge is -2.16. The van der Waals surface area contributed by atoms with Gasteiger partial charge in [-0.25, -0.2) is 4.79 Å². The van der Waals surface area contributed by atoms with Crippen LogP contribution in [0, 0.1) is 5.92 Å². The van der Waals surface area contributed by atoms with Crippen molar-refractivity contribution in [3.8, 4) is 0 Å². The number of aromatic nitrogens is 2. The molecule has 156 valence electrons. The lowest BCUT2D eigenvalue weighted by Crippen LogP contribution is -2.43. The van der Waals surface area contributed by atoms with Crippen molar-refractivity contribution < 1.29 is 19.1 Å². The molecule has 0 aliphatic rings. The minimum Gasteiger partial charge on any atom is -0.457 e. The van der Waals surface area contributed by atoms with Gasteiger partial charge < -0.3 is 10.5 Å². The summed E-state index contributed by atoms with van der Waals surface area (Å²) in [6, 6.07) is 3.39. The molecule has 0 unspecified atom stereocenters. The Kier molecular flexibility index (Phi) is 7.27. The molecule has 9 nitrogen and oxygen atoms in total. The number of nitrogen functional groups attached to an aromatic ring is 1. The molecule has 29 heavy (non-hydrogen) atoms. The summed E-state index contributed by atoms with van der Waals surface area (Å²) in [4.78, 5) is 61.4. The van der Waals surface area contributed by atoms with Gasteiger partial charge in [0.25, 0.3) is 5.56 Å². The van der Waals surface area contributed by atoms with Crippen molar-refractivity contribution in [2.45, 2.75) is 33.2 Å². The van der Waals surface area contributed by atoms with E-state index in [9.17, 15) is 24.0 Å². The zero-order valence-corrected chi connectivity index (χ0v) is 17.3. The van der Waals surface area contributed by atoms with Gasteiger partial charge in [-0.2, -0.15) is 0 Å². The smallest absolute Gasteiger partial charge is 0.332 e. The molecule has 2 rings (SSSR count). The molecule has 2 heterocycles. The summed E-state index contributed by atoms with van der Waals surface area (Å²) in [7, 11) is 1.25. The molecule has 0 saturated heterocycles. The quantitative estimate of drug-likeness (QED) is 0.476. The molecule has 0 aliphatic heterocycles. The Morgan fingerprint density at radius 1 is 1.17 bits per heavy atom. The van der Waals surface area contributed by atoms with E-state index in [4.69, 9.17) is 10.5 Å². The SMILES string of the molecule is CC(C)Cn1c(N)c(C(=O)COC(=O)CCC(=O)c2cccs2)c(=O)n(C)c1=O. The fourth-order valence-corrected chi connectivity index (χ4v) is 3.35. The molecule has 0 aromatic carbocycles. The topological polar surface area (TPSA) is 130 Å². The predicted octanol–water partition coefficient (Wildman–Crippen LogP) is 1.24. The summed E-state index contributed by atoms with van der Waals surface area (Å²) in [5, 5.41) is 1.76. The number of nitrogens with zero attached hydrogens (tertiary/aromatic N) is 2. The molecular formula is C19H23N3O6S. The van der Waals surface area contributed by atoms with Crippen LogP contribution in [0.2, 0.25) is 0 Å². The van der Waals surface area contributed by atoms with E-state index in [0.29, 0.717) is 4.88 Å². The number of anilines is 1. The van der Waals surface area contributed by atoms with E-state index in [1.54, 1.807) is 17.5 Å². The van der Waals surface area contributed by atoms with Crippen LogP contribution in [0.5, 0.6) is 0 Å². The van der Waals surface area contributed by atoms with Crippen LogP contribution < -0.4 is 17.0 Å². The molecule has 2 N–H and O–H groups in total. The number of Topliss-reactive ketones (excluding diaryl/α,β-unsaturated/α-hetero) is 2. The van der Waals surface area contributed by atoms with Gasteiger partial charge in [-0.05, 0) is 17.4 Å². The van der Waals surface area contributed by atoms with E-state index in [1.165, 1.54) is 18.4 Å². The van der Waals surface area contributed by atoms with E-state index >= 15 is 0 Å². The first-order valence-corrected chi connectivity index (χ1v) is 9.86. The van der Waals surface area contributed by atoms with Crippen molar-refractivity contribution in [2.24, 2.45) is 13.0 Å². The van der Waals surface area contributed by atoms with Crippen molar-refractivity contribution in [3.63, 3.8) is 0 Å². The highest BCUT2D eigenvalue weighted by atomic mass is 32.1. The minimum absolute atomic E-state index is 0.0449. The molecule has 0 spiro atoms. The number of hydrogen-bond acceptors (Lipinski definition) is 8. The van der Waals surface area contributed by atoms with Gasteiger partial charge in [-0.3, -0.25) is 28.3 Å². The third-order valence-corrected chi connectivity index (χ3v) is 5.04. The second-order valence-corrected chi connectivity index (χ2v) is 7.84. The highest BCUT2D eigenvalue weighted by Crippen LogP contribution is 2.13. The third kappa shape index (κ3) is 5.29. The first-order chi connectivity index (χ1) is 13.6. The van der Waals surface area contributed by atoms with Gasteiger partial charge in [0.05, 0.1) is 11.3 Å². The summed E-state index contributed by atoms with van der Waals surface area (Å²) >= 11 is 1.27. The van der Waals surface area contributed by atoms with Crippen molar-refractivity contribution >= 4 is 34.7 Å². The van der Waals surface area contributed by atoms with E-state index in [0.717, 1.165) is 9.13 Å². The highest BCUT2D eigenvalue weighted by Gasteiger charge is 2.23. The van der Waals surface area contributed by atoms with Crippen LogP contribution in [0.4, 0.5) is 5.82 Å². The van der Waals surface area contributed by atoms with Crippen molar-refractivity contribution in [3.05, 3.63) is 48.8 Å². The number of hydrogen-bond donors (Lipinski definition) is 1. The Bertz CT molecular complexity index is 1030. The molecular weight excluding hydrogens is 398 g/mol. The van der Waals surface area contributed by atoms with E-state index in [1.807, 2.05) is 13.8 Å². The number of carbonyl (C=O) groups excluding carboxylic acids is 3. The number of thiophene rings is 1. The second-order valence-electron chi connectivity index (χ2n) is 6.90. The maximum atomic E-state index is 12.5. The summed E-state index contributed by atoms with van der Waals surface area (Å²) in [6.07, 6.45) is -0.235. The molecule has 0 atom stereocenters. The fourth-order valence-electron chi connectivity index (χ4n) is 2.65. The Balaban J connectivity index is 2.07. The third-order valence-electron chi connectivity index (χ3n) is 4.13. The number of nitrogens with two attached hydrogens (primary N) is 1. The normalized spacial score (nSPS) is 10.9. The Morgan fingerprint density at radius 3 is 2.45 bits per heavy atom. The zero-order valence-electron chi connectivity index (χ0n) is 16.5. The molecule has 0 fully saturated rings. The second kappa shape index (κ2) is 9.46. The van der Waals surface area contributed by atoms with E-state index in [2.05, 4.69) is 0 Å². The molecule has 2 aromatic heterocycles. The van der Waals surface area contributed by atoms with Crippen molar-refractivity contribution in [2.75, 3.05) is 12.3 Å². The number of esters is 1. The molecule has 0 saturated carbocycles. The predicted molar refractivity (Wildman–Crippen MR) is 108 cm³/mol. The summed E-state index contributed by atoms with van der Waals surface area (Å²) < 4.78 is 6.85. The number of ketones is 2. The van der Waals surface area contributed by atoms with E-state index in [-0.39, 0.29) is 36.9 Å². The van der Waals surface area contributed by atoms with Gasteiger partial charge in [0.15, 0.2) is 12.4 Å². The summed E-state index contributed by atoms with van der Waals surface area (Å²) in [5.74, 6) is -1.94. The van der Waals surface area contributed by atoms with Crippen molar-refractivity contribution in [1.29, 1.82) is 0 Å². The van der Waals surface area contributed by atoms with Crippen LogP contribution in [-0.2, 0) is 23.1 Å². The van der Waals surface area contributed by atoms with Gasteiger partial charge in [-0.15, -0.1) is 11.3 Å². The lowest BCUT2D eigenvalue weighted by molar-refractivity contribution is -0.142. The maximum absolute atomic E-state index is 12.5. The molecule has 2 aromatic rings. The standard InChI is InChI=1S/C19H23N3O6S/c1-11(2)9-22-17(20)16(18(26)21(3)19(22)27)13(24)10-28-15(25)7-6-12(23)14-5-4-8-29-14/h4-5,8,11H,6-7,9-10,20H2,1-3H3. The number of rotatable bonds is 9. The molecule has 10 heteroatoms. The average molecular weight is 421 g/mol. The number of carbonyl (C=O) groups is 3. The van der Waals surface area contributed by atoms with Crippen LogP contribution in [0.3, 0.4) is 0 Å². The van der Waals surface area contributed by atoms with Gasteiger partial charge in [0, 0.05) is 20.0 Å². The first-order valence-electron chi connectivity index (χ1n) is 8.98. The van der Waals surface area contributed by atoms with Crippen LogP contribution >= 0.6 is 11.3 Å². The van der Waals surface area contributed by atoms with E-state index < -0.39 is 35.2 Å². The molecule has 0 bridgehead atoms. The number of ether oxygens (including phenoxy) is 1. The van der Waals surface area contributed by atoms with Gasteiger partial charge >= 0.3 is 11.7 Å². The summed E-state index contributed by atoms with van der Waals surface area (Å²) in [6.45, 7) is 3.24. The molecule has 0 radical (unpaired) electrons. The zero-order chi connectivity index (χ0) is 21.7. The van der Waals surface area contributed by atoms with Crippen LogP contribution in [0.25, 0.3) is 0 Å². The maximum Gasteiger partial charge on any atom is 0.332 e. The average Bonchev–Trinajstić information content (AvgIpc) is 3.21. The Morgan fingerprint density at radius 2 is 1.86 bits per heavy atom. The lowest BCUT2D eigenvalue weighted by atomic mass is 10.1. The largest absolute Gasteiger partial charge is 0.457 e. The fraction of sp³-hybridized carbons (Fsp3) is 0.421. The first kappa shape index (κ1) is 22.3. The van der Waals surface area contributed by atoms with Gasteiger partial charge in [0.1, 0.15) is 11.4 Å². The highest BCUT2D eigenvalue weighted by molar-refractivity contribution is 7.12. The minimum atomic E-state index is -0.846. The summed E-state index contributed by atoms with van der Waals surface area (Å²) in [5.41, 5.74) is 4.04. The van der Waals surface area contributed by atoms with Crippen molar-refractivity contribution in [1.82, 2.24) is 9.13 Å². The van der Waals surface area contributed by atoms with Crippen LogP contribution in [0.15, 0.2) is 27.1 Å². The van der Waals surface area contributed by atoms with Gasteiger partial charge in [-0.1, -0.05) is 19.9 Å². The molecule has 0 amide bonds. The Labute approximate surface area is 170 Å². The molecule has 0 aliphatic carbocycles. The van der Waals surface area contributed by atoms with Crippen LogP contribution in [-0.4, -0.2) is 33.3 Å². The monoisotopic (exact) mass is 421 g/mol. The Hall–Kier alpha value is -3.01. The van der Waals surface area contributed by atoms with Crippen LogP contribution in [0.1, 0.15) is 46.7 Å².